The van der Waals surface area contributed by atoms with Gasteiger partial charge in [0.25, 0.3) is 11.5 Å². The van der Waals surface area contributed by atoms with Crippen LogP contribution in [0.15, 0.2) is 35.3 Å². The van der Waals surface area contributed by atoms with Crippen molar-refractivity contribution in [3.8, 4) is 0 Å². The number of carbonyl (C=O) groups excluding carboxylic acids is 1. The highest BCUT2D eigenvalue weighted by Crippen LogP contribution is 2.07. The minimum atomic E-state index is -0.421. The fourth-order valence-electron chi connectivity index (χ4n) is 1.10. The Morgan fingerprint density at radius 3 is 2.71 bits per heavy atom. The van der Waals surface area contributed by atoms with Crippen LogP contribution in [0.4, 0.5) is 5.82 Å². The number of anilines is 1. The molecule has 0 aliphatic rings. The largest absolute Gasteiger partial charge is 0.305 e. The van der Waals surface area contributed by atoms with E-state index < -0.39 is 5.91 Å². The van der Waals surface area contributed by atoms with Crippen molar-refractivity contribution in [2.45, 2.75) is 0 Å². The number of aromatic amines is 1. The summed E-state index contributed by atoms with van der Waals surface area (Å²) in [5.74, 6) is 0.0124. The Kier molecular flexibility index (Phi) is 3.47. The second-order valence-electron chi connectivity index (χ2n) is 3.12. The summed E-state index contributed by atoms with van der Waals surface area (Å²) in [6, 6.07) is 6.10. The Morgan fingerprint density at radius 2 is 2.12 bits per heavy atom. The molecule has 17 heavy (non-hydrogen) atoms. The molecule has 0 saturated heterocycles. The van der Waals surface area contributed by atoms with Gasteiger partial charge in [0.15, 0.2) is 0 Å². The maximum Gasteiger partial charge on any atom is 0.277 e. The molecule has 2 heterocycles. The molecular weight excluding hydrogens is 335 g/mol. The molecular formula is C10H7IN4O2. The summed E-state index contributed by atoms with van der Waals surface area (Å²) < 4.78 is 0.975. The number of rotatable bonds is 2. The smallest absolute Gasteiger partial charge is 0.277 e. The molecule has 1 amide bonds. The van der Waals surface area contributed by atoms with E-state index in [1.54, 1.807) is 12.3 Å². The molecule has 0 aromatic carbocycles. The van der Waals surface area contributed by atoms with E-state index in [2.05, 4.69) is 43.1 Å². The Morgan fingerprint density at radius 1 is 1.29 bits per heavy atom. The van der Waals surface area contributed by atoms with E-state index in [1.807, 2.05) is 6.07 Å². The van der Waals surface area contributed by atoms with Gasteiger partial charge in [0.1, 0.15) is 11.5 Å². The number of amides is 1. The van der Waals surface area contributed by atoms with Crippen LogP contribution in [0.3, 0.4) is 0 Å². The van der Waals surface area contributed by atoms with E-state index in [9.17, 15) is 9.59 Å². The van der Waals surface area contributed by atoms with Crippen LogP contribution in [-0.2, 0) is 0 Å². The summed E-state index contributed by atoms with van der Waals surface area (Å²) in [7, 11) is 0. The summed E-state index contributed by atoms with van der Waals surface area (Å²) in [4.78, 5) is 26.5. The number of carbonyl (C=O) groups is 1. The number of nitrogens with zero attached hydrogens (tertiary/aromatic N) is 2. The van der Waals surface area contributed by atoms with E-state index >= 15 is 0 Å². The fourth-order valence-corrected chi connectivity index (χ4v) is 1.42. The van der Waals surface area contributed by atoms with Gasteiger partial charge in [-0.2, -0.15) is 5.10 Å². The Balaban J connectivity index is 2.14. The van der Waals surface area contributed by atoms with Gasteiger partial charge in [0, 0.05) is 15.8 Å². The van der Waals surface area contributed by atoms with Gasteiger partial charge >= 0.3 is 0 Å². The van der Waals surface area contributed by atoms with Crippen molar-refractivity contribution in [1.29, 1.82) is 0 Å². The molecule has 0 aliphatic carbocycles. The van der Waals surface area contributed by atoms with E-state index in [0.29, 0.717) is 5.82 Å². The first-order chi connectivity index (χ1) is 8.15. The lowest BCUT2D eigenvalue weighted by Gasteiger charge is -2.02. The van der Waals surface area contributed by atoms with Gasteiger partial charge in [0.2, 0.25) is 0 Å². The van der Waals surface area contributed by atoms with E-state index in [1.165, 1.54) is 12.1 Å². The fraction of sp³-hybridized carbons (Fsp3) is 0. The lowest BCUT2D eigenvalue weighted by molar-refractivity contribution is 0.102. The molecule has 7 heteroatoms. The SMILES string of the molecule is O=C(Nc1ccc(I)cn1)c1ccc(=O)[nH]n1. The van der Waals surface area contributed by atoms with Gasteiger partial charge < -0.3 is 5.32 Å². The predicted octanol–water partition coefficient (Wildman–Crippen LogP) is 1.02. The second kappa shape index (κ2) is 5.04. The van der Waals surface area contributed by atoms with Crippen molar-refractivity contribution in [2.24, 2.45) is 0 Å². The molecule has 6 nitrogen and oxygen atoms in total. The van der Waals surface area contributed by atoms with Crippen LogP contribution in [0.1, 0.15) is 10.5 Å². The molecule has 86 valence electrons. The summed E-state index contributed by atoms with van der Waals surface area (Å²) >= 11 is 2.12. The van der Waals surface area contributed by atoms with Crippen LogP contribution < -0.4 is 10.9 Å². The Bertz CT molecular complexity index is 574. The molecule has 0 bridgehead atoms. The third kappa shape index (κ3) is 3.09. The predicted molar refractivity (Wildman–Crippen MR) is 69.8 cm³/mol. The number of pyridine rings is 1. The average molecular weight is 342 g/mol. The van der Waals surface area contributed by atoms with Gasteiger partial charge in [-0.25, -0.2) is 10.1 Å². The molecule has 2 aromatic rings. The van der Waals surface area contributed by atoms with E-state index in [0.717, 1.165) is 3.57 Å². The summed E-state index contributed by atoms with van der Waals surface area (Å²) in [5.41, 5.74) is -0.223. The highest BCUT2D eigenvalue weighted by Gasteiger charge is 2.07. The van der Waals surface area contributed by atoms with Crippen LogP contribution in [0.5, 0.6) is 0 Å². The van der Waals surface area contributed by atoms with Crippen LogP contribution >= 0.6 is 22.6 Å². The summed E-state index contributed by atoms with van der Waals surface area (Å²) in [5, 5.41) is 8.37. The number of hydrogen-bond acceptors (Lipinski definition) is 4. The standard InChI is InChI=1S/C10H7IN4O2/c11-6-1-3-8(12-5-6)13-10(17)7-2-4-9(16)15-14-7/h1-5H,(H,15,16)(H,12,13,17). The molecule has 2 rings (SSSR count). The van der Waals surface area contributed by atoms with Gasteiger partial charge in [-0.15, -0.1) is 0 Å². The third-order valence-corrected chi connectivity index (χ3v) is 2.52. The number of nitrogens with one attached hydrogen (secondary N) is 2. The van der Waals surface area contributed by atoms with Gasteiger partial charge in [-0.05, 0) is 40.8 Å². The van der Waals surface area contributed by atoms with Crippen molar-refractivity contribution < 1.29 is 4.79 Å². The van der Waals surface area contributed by atoms with Crippen LogP contribution in [0.25, 0.3) is 0 Å². The summed E-state index contributed by atoms with van der Waals surface area (Å²) in [6.07, 6.45) is 1.64. The van der Waals surface area contributed by atoms with Crippen molar-refractivity contribution in [1.82, 2.24) is 15.2 Å². The zero-order chi connectivity index (χ0) is 12.3. The molecule has 0 fully saturated rings. The minimum Gasteiger partial charge on any atom is -0.305 e. The van der Waals surface area contributed by atoms with Crippen molar-refractivity contribution in [3.05, 3.63) is 50.1 Å². The molecule has 0 saturated carbocycles. The number of halogens is 1. The zero-order valence-electron chi connectivity index (χ0n) is 8.48. The average Bonchev–Trinajstić information content (AvgIpc) is 2.33. The molecule has 0 unspecified atom stereocenters. The Hall–Kier alpha value is -1.77. The lowest BCUT2D eigenvalue weighted by atomic mass is 10.3. The molecule has 0 spiro atoms. The van der Waals surface area contributed by atoms with Crippen molar-refractivity contribution >= 4 is 34.3 Å². The van der Waals surface area contributed by atoms with Crippen LogP contribution in [0.2, 0.25) is 0 Å². The van der Waals surface area contributed by atoms with Gasteiger partial charge in [-0.3, -0.25) is 9.59 Å². The molecule has 0 radical (unpaired) electrons. The minimum absolute atomic E-state index is 0.130. The number of H-pyrrole nitrogens is 1. The maximum absolute atomic E-state index is 11.7. The topological polar surface area (TPSA) is 87.7 Å². The second-order valence-corrected chi connectivity index (χ2v) is 4.37. The first-order valence-electron chi connectivity index (χ1n) is 4.64. The van der Waals surface area contributed by atoms with E-state index in [4.69, 9.17) is 0 Å². The first kappa shape index (κ1) is 11.7. The highest BCUT2D eigenvalue weighted by molar-refractivity contribution is 14.1. The lowest BCUT2D eigenvalue weighted by Crippen LogP contribution is -2.18. The van der Waals surface area contributed by atoms with Crippen molar-refractivity contribution in [2.75, 3.05) is 5.32 Å². The highest BCUT2D eigenvalue weighted by atomic mass is 127. The monoisotopic (exact) mass is 342 g/mol. The first-order valence-corrected chi connectivity index (χ1v) is 5.72. The Labute approximate surface area is 110 Å². The quantitative estimate of drug-likeness (QED) is 0.798. The molecule has 0 atom stereocenters. The maximum atomic E-state index is 11.7. The summed E-state index contributed by atoms with van der Waals surface area (Å²) in [6.45, 7) is 0. The molecule has 2 aromatic heterocycles. The van der Waals surface area contributed by atoms with Crippen molar-refractivity contribution in [3.63, 3.8) is 0 Å². The molecule has 2 N–H and O–H groups in total. The number of hydrogen-bond donors (Lipinski definition) is 2. The van der Waals surface area contributed by atoms with Gasteiger partial charge in [-0.1, -0.05) is 0 Å². The number of aromatic nitrogens is 3. The van der Waals surface area contributed by atoms with Crippen LogP contribution in [-0.4, -0.2) is 21.1 Å². The van der Waals surface area contributed by atoms with Crippen LogP contribution in [0, 0.1) is 3.57 Å². The molecule has 0 aliphatic heterocycles. The zero-order valence-corrected chi connectivity index (χ0v) is 10.6. The third-order valence-electron chi connectivity index (χ3n) is 1.88. The normalized spacial score (nSPS) is 9.94. The van der Waals surface area contributed by atoms with E-state index in [-0.39, 0.29) is 11.3 Å². The van der Waals surface area contributed by atoms with Gasteiger partial charge in [0.05, 0.1) is 0 Å².